The number of benzene rings is 2. The van der Waals surface area contributed by atoms with Crippen LogP contribution >= 0.6 is 15.9 Å². The number of amides is 1. The molecule has 1 saturated heterocycles. The van der Waals surface area contributed by atoms with Crippen LogP contribution in [0, 0.1) is 5.82 Å². The number of rotatable bonds is 8. The number of halogens is 2. The SMILES string of the molecule is COc1cccc(C(CNC(=O)CCc2ccc(Br)cc2F)N2CCCC2)c1. The molecule has 6 heteroatoms. The van der Waals surface area contributed by atoms with Gasteiger partial charge >= 0.3 is 0 Å². The highest BCUT2D eigenvalue weighted by Gasteiger charge is 2.24. The number of nitrogens with one attached hydrogen (secondary N) is 1. The molecule has 0 radical (unpaired) electrons. The summed E-state index contributed by atoms with van der Waals surface area (Å²) in [5, 5.41) is 3.04. The summed E-state index contributed by atoms with van der Waals surface area (Å²) in [5.74, 6) is 0.474. The van der Waals surface area contributed by atoms with Gasteiger partial charge in [0, 0.05) is 17.4 Å². The maximum atomic E-state index is 13.9. The van der Waals surface area contributed by atoms with E-state index in [0.717, 1.165) is 24.4 Å². The maximum absolute atomic E-state index is 13.9. The van der Waals surface area contributed by atoms with Crippen molar-refractivity contribution in [3.63, 3.8) is 0 Å². The lowest BCUT2D eigenvalue weighted by Gasteiger charge is -2.28. The third kappa shape index (κ3) is 5.55. The zero-order valence-electron chi connectivity index (χ0n) is 16.1. The Morgan fingerprint density at radius 3 is 2.75 bits per heavy atom. The van der Waals surface area contributed by atoms with Crippen LogP contribution in [-0.4, -0.2) is 37.6 Å². The van der Waals surface area contributed by atoms with E-state index in [-0.39, 0.29) is 24.2 Å². The van der Waals surface area contributed by atoms with Crippen molar-refractivity contribution in [2.45, 2.75) is 31.7 Å². The monoisotopic (exact) mass is 448 g/mol. The highest BCUT2D eigenvalue weighted by atomic mass is 79.9. The van der Waals surface area contributed by atoms with E-state index in [1.54, 1.807) is 19.2 Å². The number of ether oxygens (including phenoxy) is 1. The number of likely N-dealkylation sites (tertiary alicyclic amines) is 1. The zero-order valence-corrected chi connectivity index (χ0v) is 17.7. The van der Waals surface area contributed by atoms with Crippen molar-refractivity contribution in [3.05, 3.63) is 63.9 Å². The Hall–Kier alpha value is -1.92. The molecule has 0 bridgehead atoms. The summed E-state index contributed by atoms with van der Waals surface area (Å²) in [4.78, 5) is 14.8. The van der Waals surface area contributed by atoms with Crippen LogP contribution in [0.3, 0.4) is 0 Å². The van der Waals surface area contributed by atoms with Gasteiger partial charge < -0.3 is 10.1 Å². The Morgan fingerprint density at radius 1 is 1.25 bits per heavy atom. The highest BCUT2D eigenvalue weighted by Crippen LogP contribution is 2.27. The minimum absolute atomic E-state index is 0.0607. The molecule has 1 aliphatic rings. The van der Waals surface area contributed by atoms with Gasteiger partial charge in [0.2, 0.25) is 5.91 Å². The smallest absolute Gasteiger partial charge is 0.220 e. The molecule has 1 heterocycles. The van der Waals surface area contributed by atoms with E-state index >= 15 is 0 Å². The molecule has 1 fully saturated rings. The van der Waals surface area contributed by atoms with Crippen LogP contribution in [-0.2, 0) is 11.2 Å². The lowest BCUT2D eigenvalue weighted by molar-refractivity contribution is -0.121. The summed E-state index contributed by atoms with van der Waals surface area (Å²) in [6.07, 6.45) is 3.01. The van der Waals surface area contributed by atoms with Crippen molar-refractivity contribution < 1.29 is 13.9 Å². The van der Waals surface area contributed by atoms with Crippen LogP contribution in [0.4, 0.5) is 4.39 Å². The van der Waals surface area contributed by atoms with E-state index in [9.17, 15) is 9.18 Å². The van der Waals surface area contributed by atoms with Crippen LogP contribution in [0.2, 0.25) is 0 Å². The zero-order chi connectivity index (χ0) is 19.9. The van der Waals surface area contributed by atoms with Gasteiger partial charge in [0.15, 0.2) is 0 Å². The fourth-order valence-electron chi connectivity index (χ4n) is 3.63. The number of methoxy groups -OCH3 is 1. The molecule has 1 aliphatic heterocycles. The van der Waals surface area contributed by atoms with Gasteiger partial charge in [0.1, 0.15) is 11.6 Å². The molecule has 0 saturated carbocycles. The number of hydrogen-bond donors (Lipinski definition) is 1. The predicted molar refractivity (Wildman–Crippen MR) is 112 cm³/mol. The Bertz CT molecular complexity index is 809. The first-order valence-corrected chi connectivity index (χ1v) is 10.4. The van der Waals surface area contributed by atoms with Crippen LogP contribution < -0.4 is 10.1 Å². The summed E-state index contributed by atoms with van der Waals surface area (Å²) < 4.78 is 20.0. The minimum atomic E-state index is -0.284. The second kappa shape index (κ2) is 10.0. The Balaban J connectivity index is 1.60. The average molecular weight is 449 g/mol. The van der Waals surface area contributed by atoms with Crippen LogP contribution in [0.5, 0.6) is 5.75 Å². The first-order chi connectivity index (χ1) is 13.6. The van der Waals surface area contributed by atoms with Gasteiger partial charge in [-0.05, 0) is 67.7 Å². The van der Waals surface area contributed by atoms with E-state index in [2.05, 4.69) is 32.2 Å². The molecule has 2 aromatic carbocycles. The molecule has 1 atom stereocenters. The molecule has 4 nitrogen and oxygen atoms in total. The Labute approximate surface area is 174 Å². The number of aryl methyl sites for hydroxylation is 1. The summed E-state index contributed by atoms with van der Waals surface area (Å²) in [6.45, 7) is 2.60. The van der Waals surface area contributed by atoms with Crippen molar-refractivity contribution in [2.24, 2.45) is 0 Å². The molecule has 150 valence electrons. The van der Waals surface area contributed by atoms with Crippen molar-refractivity contribution >= 4 is 21.8 Å². The summed E-state index contributed by atoms with van der Waals surface area (Å²) in [7, 11) is 1.66. The molecular weight excluding hydrogens is 423 g/mol. The third-order valence-corrected chi connectivity index (χ3v) is 5.68. The van der Waals surface area contributed by atoms with Crippen molar-refractivity contribution in [2.75, 3.05) is 26.7 Å². The molecule has 0 spiro atoms. The molecule has 2 aromatic rings. The van der Waals surface area contributed by atoms with Crippen molar-refractivity contribution in [3.8, 4) is 5.75 Å². The van der Waals surface area contributed by atoms with Gasteiger partial charge in [0.05, 0.1) is 13.2 Å². The predicted octanol–water partition coefficient (Wildman–Crippen LogP) is 4.48. The first kappa shape index (κ1) is 20.8. The molecule has 0 aromatic heterocycles. The largest absolute Gasteiger partial charge is 0.497 e. The fourth-order valence-corrected chi connectivity index (χ4v) is 3.96. The van der Waals surface area contributed by atoms with Gasteiger partial charge in [-0.25, -0.2) is 4.39 Å². The van der Waals surface area contributed by atoms with E-state index in [0.29, 0.717) is 23.0 Å². The lowest BCUT2D eigenvalue weighted by Crippen LogP contribution is -2.36. The topological polar surface area (TPSA) is 41.6 Å². The van der Waals surface area contributed by atoms with Crippen molar-refractivity contribution in [1.82, 2.24) is 10.2 Å². The molecule has 1 N–H and O–H groups in total. The maximum Gasteiger partial charge on any atom is 0.220 e. The van der Waals surface area contributed by atoms with Gasteiger partial charge in [-0.2, -0.15) is 0 Å². The normalized spacial score (nSPS) is 15.4. The number of carbonyl (C=O) groups is 1. The fraction of sp³-hybridized carbons (Fsp3) is 0.409. The summed E-state index contributed by atoms with van der Waals surface area (Å²) in [6, 6.07) is 13.1. The van der Waals surface area contributed by atoms with Crippen LogP contribution in [0.15, 0.2) is 46.9 Å². The number of nitrogens with zero attached hydrogens (tertiary/aromatic N) is 1. The van der Waals surface area contributed by atoms with E-state index in [1.165, 1.54) is 18.9 Å². The molecule has 1 unspecified atom stereocenters. The average Bonchev–Trinajstić information content (AvgIpc) is 3.22. The summed E-state index contributed by atoms with van der Waals surface area (Å²) in [5.41, 5.74) is 1.70. The molecule has 3 rings (SSSR count). The quantitative estimate of drug-likeness (QED) is 0.646. The van der Waals surface area contributed by atoms with E-state index < -0.39 is 0 Å². The van der Waals surface area contributed by atoms with Crippen molar-refractivity contribution in [1.29, 1.82) is 0 Å². The van der Waals surface area contributed by atoms with Gasteiger partial charge in [-0.3, -0.25) is 9.69 Å². The number of hydrogen-bond acceptors (Lipinski definition) is 3. The van der Waals surface area contributed by atoms with E-state index in [4.69, 9.17) is 4.74 Å². The third-order valence-electron chi connectivity index (χ3n) is 5.19. The van der Waals surface area contributed by atoms with Gasteiger partial charge in [0.25, 0.3) is 0 Å². The van der Waals surface area contributed by atoms with E-state index in [1.807, 2.05) is 18.2 Å². The minimum Gasteiger partial charge on any atom is -0.497 e. The lowest BCUT2D eigenvalue weighted by atomic mass is 10.0. The standard InChI is InChI=1S/C22H26BrFN2O2/c1-28-19-6-4-5-17(13-19)21(26-11-2-3-12-26)15-25-22(27)10-8-16-7-9-18(23)14-20(16)24/h4-7,9,13-14,21H,2-3,8,10-12,15H2,1H3,(H,25,27). The van der Waals surface area contributed by atoms with Crippen LogP contribution in [0.25, 0.3) is 0 Å². The summed E-state index contributed by atoms with van der Waals surface area (Å²) >= 11 is 3.25. The van der Waals surface area contributed by atoms with Crippen LogP contribution in [0.1, 0.15) is 36.4 Å². The van der Waals surface area contributed by atoms with Gasteiger partial charge in [-0.1, -0.05) is 34.1 Å². The Kier molecular flexibility index (Phi) is 7.45. The first-order valence-electron chi connectivity index (χ1n) is 9.65. The number of carbonyl (C=O) groups excluding carboxylic acids is 1. The molecular formula is C22H26BrFN2O2. The van der Waals surface area contributed by atoms with Gasteiger partial charge in [-0.15, -0.1) is 0 Å². The highest BCUT2D eigenvalue weighted by molar-refractivity contribution is 9.10. The molecule has 0 aliphatic carbocycles. The second-order valence-corrected chi connectivity index (χ2v) is 7.99. The molecule has 1 amide bonds. The molecule has 28 heavy (non-hydrogen) atoms. The Morgan fingerprint density at radius 2 is 2.04 bits per heavy atom. The second-order valence-electron chi connectivity index (χ2n) is 7.08.